The van der Waals surface area contributed by atoms with Gasteiger partial charge in [0, 0.05) is 34.6 Å². The molecule has 37 heavy (non-hydrogen) atoms. The molecule has 3 rings (SSSR count). The van der Waals surface area contributed by atoms with Crippen LogP contribution in [0.25, 0.3) is 0 Å². The Morgan fingerprint density at radius 3 is 1.35 bits per heavy atom. The molecule has 0 unspecified atom stereocenters. The number of carbonyl (C=O) groups excluding carboxylic acids is 2. The first-order valence-corrected chi connectivity index (χ1v) is 11.6. The normalized spacial score (nSPS) is 11.7. The fraction of sp³-hybridized carbons (Fsp3) is 0.222. The summed E-state index contributed by atoms with van der Waals surface area (Å²) >= 11 is 0. The second kappa shape index (κ2) is 13.2. The molecule has 0 aliphatic rings. The Bertz CT molecular complexity index is 1190. The zero-order valence-electron chi connectivity index (χ0n) is 21.2. The highest BCUT2D eigenvalue weighted by Gasteiger charge is 2.13. The molecule has 0 radical (unpaired) electrons. The molecular formula is C27H32ClN7O2. The van der Waals surface area contributed by atoms with Gasteiger partial charge in [0.2, 0.25) is 0 Å². The number of nitrogens with two attached hydrogens (primary N) is 2. The maximum atomic E-state index is 12.7. The van der Waals surface area contributed by atoms with Gasteiger partial charge >= 0.3 is 0 Å². The fourth-order valence-corrected chi connectivity index (χ4v) is 3.23. The van der Waals surface area contributed by atoms with E-state index in [0.717, 1.165) is 11.1 Å². The van der Waals surface area contributed by atoms with Gasteiger partial charge in [0.05, 0.1) is 0 Å². The summed E-state index contributed by atoms with van der Waals surface area (Å²) in [6, 6.07) is 18.9. The van der Waals surface area contributed by atoms with Crippen molar-refractivity contribution in [3.05, 3.63) is 89.2 Å². The average molecular weight is 522 g/mol. The third-order valence-corrected chi connectivity index (χ3v) is 4.89. The molecule has 0 aliphatic carbocycles. The number of anilines is 2. The Morgan fingerprint density at radius 2 is 1.03 bits per heavy atom. The molecule has 194 valence electrons. The molecule has 1 aromatic heterocycles. The lowest BCUT2D eigenvalue weighted by Gasteiger charge is -2.09. The van der Waals surface area contributed by atoms with Gasteiger partial charge in [-0.1, -0.05) is 6.07 Å². The quantitative estimate of drug-likeness (QED) is 0.258. The number of nitrogens with one attached hydrogen (secondary N) is 2. The van der Waals surface area contributed by atoms with E-state index in [0.29, 0.717) is 23.0 Å². The first-order chi connectivity index (χ1) is 17.1. The number of hydrogen-bond donors (Lipinski definition) is 4. The number of aliphatic imine (C=N–C) groups is 2. The van der Waals surface area contributed by atoms with E-state index in [1.54, 1.807) is 66.7 Å². The van der Waals surface area contributed by atoms with Crippen LogP contribution in [-0.4, -0.2) is 40.6 Å². The maximum Gasteiger partial charge on any atom is 0.274 e. The predicted molar refractivity (Wildman–Crippen MR) is 152 cm³/mol. The number of nitrogens with zero attached hydrogens (tertiary/aromatic N) is 3. The average Bonchev–Trinajstić information content (AvgIpc) is 2.84. The first-order valence-electron chi connectivity index (χ1n) is 11.6. The van der Waals surface area contributed by atoms with Crippen molar-refractivity contribution in [2.45, 2.75) is 39.8 Å². The Kier molecular flexibility index (Phi) is 10.3. The number of carbonyl (C=O) groups is 2. The van der Waals surface area contributed by atoms with Gasteiger partial charge in [0.25, 0.3) is 11.8 Å². The van der Waals surface area contributed by atoms with E-state index in [9.17, 15) is 9.59 Å². The van der Waals surface area contributed by atoms with Gasteiger partial charge in [-0.05, 0) is 88.4 Å². The molecule has 0 saturated heterocycles. The zero-order valence-corrected chi connectivity index (χ0v) is 22.0. The van der Waals surface area contributed by atoms with Crippen molar-refractivity contribution < 1.29 is 9.59 Å². The standard InChI is InChI=1S/C27H31N7O2.ClH/c1-16(2)30-24(28)18-8-12-20(13-9-18)32-26(35)22-6-5-7-23(34-22)27(36)33-21-14-10-19(11-15-21)25(29)31-17(3)4;/h5-17H,1-4H3,(H2,28,30)(H2,29,31)(H,32,35)(H,33,36);1H. The summed E-state index contributed by atoms with van der Waals surface area (Å²) in [6.07, 6.45) is 0. The second-order valence-corrected chi connectivity index (χ2v) is 8.69. The SMILES string of the molecule is CC(C)N=C(N)c1ccc(NC(=O)c2cccc(C(=O)Nc3ccc(C(N)=NC(C)C)cc3)n2)cc1.Cl. The number of amidine groups is 2. The van der Waals surface area contributed by atoms with Crippen LogP contribution in [0.2, 0.25) is 0 Å². The third kappa shape index (κ3) is 8.43. The van der Waals surface area contributed by atoms with Gasteiger partial charge in [-0.15, -0.1) is 12.4 Å². The van der Waals surface area contributed by atoms with Gasteiger partial charge in [-0.25, -0.2) is 4.98 Å². The highest BCUT2D eigenvalue weighted by Crippen LogP contribution is 2.14. The molecule has 2 aromatic carbocycles. The van der Waals surface area contributed by atoms with Crippen LogP contribution in [0.4, 0.5) is 11.4 Å². The molecule has 0 aliphatic heterocycles. The minimum Gasteiger partial charge on any atom is -0.383 e. The van der Waals surface area contributed by atoms with Crippen LogP contribution in [0.5, 0.6) is 0 Å². The molecule has 3 aromatic rings. The lowest BCUT2D eigenvalue weighted by molar-refractivity contribution is 0.101. The van der Waals surface area contributed by atoms with Crippen molar-refractivity contribution in [2.24, 2.45) is 21.5 Å². The minimum absolute atomic E-state index is 0. The molecule has 0 spiro atoms. The summed E-state index contributed by atoms with van der Waals surface area (Å²) < 4.78 is 0. The van der Waals surface area contributed by atoms with E-state index in [4.69, 9.17) is 11.5 Å². The smallest absolute Gasteiger partial charge is 0.274 e. The van der Waals surface area contributed by atoms with E-state index in [1.165, 1.54) is 0 Å². The van der Waals surface area contributed by atoms with Crippen molar-refractivity contribution in [1.82, 2.24) is 4.98 Å². The molecular weight excluding hydrogens is 490 g/mol. The second-order valence-electron chi connectivity index (χ2n) is 8.69. The number of rotatable bonds is 8. The van der Waals surface area contributed by atoms with Crippen LogP contribution in [0.1, 0.15) is 59.8 Å². The van der Waals surface area contributed by atoms with Gasteiger partial charge in [-0.2, -0.15) is 0 Å². The van der Waals surface area contributed by atoms with E-state index in [2.05, 4.69) is 25.6 Å². The zero-order chi connectivity index (χ0) is 26.2. The Labute approximate surface area is 222 Å². The lowest BCUT2D eigenvalue weighted by Crippen LogP contribution is -2.19. The van der Waals surface area contributed by atoms with Crippen molar-refractivity contribution in [3.8, 4) is 0 Å². The molecule has 2 amide bonds. The summed E-state index contributed by atoms with van der Waals surface area (Å²) in [4.78, 5) is 38.3. The number of hydrogen-bond acceptors (Lipinski definition) is 5. The molecule has 0 bridgehead atoms. The molecule has 0 fully saturated rings. The summed E-state index contributed by atoms with van der Waals surface area (Å²) in [5, 5.41) is 5.55. The van der Waals surface area contributed by atoms with Crippen LogP contribution in [0.3, 0.4) is 0 Å². The number of benzene rings is 2. The van der Waals surface area contributed by atoms with Crippen LogP contribution in [0.15, 0.2) is 76.7 Å². The van der Waals surface area contributed by atoms with Crippen molar-refractivity contribution in [3.63, 3.8) is 0 Å². The number of amides is 2. The van der Waals surface area contributed by atoms with Gasteiger partial charge in [0.15, 0.2) is 0 Å². The van der Waals surface area contributed by atoms with Crippen molar-refractivity contribution >= 4 is 47.3 Å². The minimum atomic E-state index is -0.439. The fourth-order valence-electron chi connectivity index (χ4n) is 3.23. The number of pyridine rings is 1. The van der Waals surface area contributed by atoms with Crippen molar-refractivity contribution in [1.29, 1.82) is 0 Å². The van der Waals surface area contributed by atoms with Crippen molar-refractivity contribution in [2.75, 3.05) is 10.6 Å². The lowest BCUT2D eigenvalue weighted by atomic mass is 10.2. The molecule has 10 heteroatoms. The molecule has 1 heterocycles. The van der Waals surface area contributed by atoms with Gasteiger partial charge in [0.1, 0.15) is 23.1 Å². The monoisotopic (exact) mass is 521 g/mol. The van der Waals surface area contributed by atoms with Gasteiger partial charge in [-0.3, -0.25) is 19.6 Å². The summed E-state index contributed by atoms with van der Waals surface area (Å²) in [6.45, 7) is 7.77. The topological polar surface area (TPSA) is 148 Å². The predicted octanol–water partition coefficient (Wildman–Crippen LogP) is 4.24. The molecule has 9 nitrogen and oxygen atoms in total. The Balaban J connectivity index is 0.00000481. The number of halogens is 1. The number of aromatic nitrogens is 1. The van der Waals surface area contributed by atoms with E-state index >= 15 is 0 Å². The summed E-state index contributed by atoms with van der Waals surface area (Å²) in [5.74, 6) is -0.00826. The largest absolute Gasteiger partial charge is 0.383 e. The molecule has 0 atom stereocenters. The van der Waals surface area contributed by atoms with Crippen LogP contribution >= 0.6 is 12.4 Å². The van der Waals surface area contributed by atoms with E-state index in [1.807, 2.05) is 27.7 Å². The highest BCUT2D eigenvalue weighted by atomic mass is 35.5. The Morgan fingerprint density at radius 1 is 0.676 bits per heavy atom. The van der Waals surface area contributed by atoms with E-state index in [-0.39, 0.29) is 35.9 Å². The summed E-state index contributed by atoms with van der Waals surface area (Å²) in [5.41, 5.74) is 14.8. The van der Waals surface area contributed by atoms with Crippen LogP contribution in [0, 0.1) is 0 Å². The van der Waals surface area contributed by atoms with E-state index < -0.39 is 11.8 Å². The van der Waals surface area contributed by atoms with Crippen LogP contribution in [-0.2, 0) is 0 Å². The Hall–Kier alpha value is -4.24. The summed E-state index contributed by atoms with van der Waals surface area (Å²) in [7, 11) is 0. The highest BCUT2D eigenvalue weighted by molar-refractivity contribution is 6.06. The van der Waals surface area contributed by atoms with Crippen LogP contribution < -0.4 is 22.1 Å². The first kappa shape index (κ1) is 29.0. The third-order valence-electron chi connectivity index (χ3n) is 4.89. The molecule has 6 N–H and O–H groups in total. The van der Waals surface area contributed by atoms with Gasteiger partial charge < -0.3 is 22.1 Å². The molecule has 0 saturated carbocycles. The maximum absolute atomic E-state index is 12.7.